The van der Waals surface area contributed by atoms with Gasteiger partial charge in [-0.2, -0.15) is 0 Å². The lowest BCUT2D eigenvalue weighted by molar-refractivity contribution is 0.0949. The normalized spacial score (nSPS) is 14.7. The number of rotatable bonds is 3. The molecule has 0 saturated heterocycles. The van der Waals surface area contributed by atoms with Gasteiger partial charge in [0.05, 0.1) is 10.0 Å². The minimum Gasteiger partial charge on any atom is -0.507 e. The van der Waals surface area contributed by atoms with Gasteiger partial charge in [-0.15, -0.1) is 0 Å². The number of phenolic OH excluding ortho intramolecular Hbond substituents is 1. The van der Waals surface area contributed by atoms with Crippen LogP contribution in [-0.2, 0) is 0 Å². The third-order valence-electron chi connectivity index (χ3n) is 3.22. The van der Waals surface area contributed by atoms with Crippen molar-refractivity contribution in [3.8, 4) is 5.75 Å². The zero-order valence-electron chi connectivity index (χ0n) is 10.7. The van der Waals surface area contributed by atoms with Crippen LogP contribution in [0.15, 0.2) is 28.4 Å². The zero-order valence-corrected chi connectivity index (χ0v) is 12.3. The van der Waals surface area contributed by atoms with Crippen LogP contribution in [0, 0.1) is 0 Å². The van der Waals surface area contributed by atoms with Gasteiger partial charge in [0.25, 0.3) is 0 Å². The molecule has 0 radical (unpaired) electrons. The van der Waals surface area contributed by atoms with Crippen molar-refractivity contribution in [3.05, 3.63) is 39.5 Å². The van der Waals surface area contributed by atoms with Gasteiger partial charge < -0.3 is 10.0 Å². The van der Waals surface area contributed by atoms with Gasteiger partial charge in [-0.05, 0) is 41.9 Å². The van der Waals surface area contributed by atoms with Crippen LogP contribution >= 0.6 is 15.9 Å². The van der Waals surface area contributed by atoms with Crippen molar-refractivity contribution in [2.45, 2.75) is 13.8 Å². The van der Waals surface area contributed by atoms with Gasteiger partial charge in [0, 0.05) is 18.7 Å². The smallest absolute Gasteiger partial charge is 0.211 e. The fraction of sp³-hybridized carbons (Fsp3) is 0.286. The lowest BCUT2D eigenvalue weighted by Crippen LogP contribution is -2.33. The Labute approximate surface area is 119 Å². The van der Waals surface area contributed by atoms with E-state index in [9.17, 15) is 14.7 Å². The van der Waals surface area contributed by atoms with Gasteiger partial charge in [0.15, 0.2) is 0 Å². The third-order valence-corrected chi connectivity index (χ3v) is 3.95. The number of hydrogen-bond donors (Lipinski definition) is 1. The Morgan fingerprint density at radius 3 is 2.37 bits per heavy atom. The lowest BCUT2D eigenvalue weighted by atomic mass is 9.91. The molecule has 1 aliphatic rings. The Morgan fingerprint density at radius 1 is 1.16 bits per heavy atom. The first-order valence-corrected chi connectivity index (χ1v) is 6.88. The maximum Gasteiger partial charge on any atom is 0.211 e. The molecule has 0 fully saturated rings. The standard InChI is InChI=1S/C14H14BrNO3/c1-3-16(4-2)12-11(15)14(19)10-8(13(12)18)6-5-7-9(10)17/h5-7,17H,3-4H2,1-2H3. The molecular weight excluding hydrogens is 310 g/mol. The van der Waals surface area contributed by atoms with Gasteiger partial charge in [-0.25, -0.2) is 0 Å². The van der Waals surface area contributed by atoms with Crippen LogP contribution in [0.4, 0.5) is 0 Å². The highest BCUT2D eigenvalue weighted by atomic mass is 79.9. The van der Waals surface area contributed by atoms with Crippen LogP contribution < -0.4 is 0 Å². The number of aromatic hydroxyl groups is 1. The summed E-state index contributed by atoms with van der Waals surface area (Å²) in [6, 6.07) is 4.54. The second-order valence-corrected chi connectivity index (χ2v) is 4.99. The van der Waals surface area contributed by atoms with Crippen LogP contribution in [0.2, 0.25) is 0 Å². The molecule has 0 spiro atoms. The largest absolute Gasteiger partial charge is 0.507 e. The van der Waals surface area contributed by atoms with Gasteiger partial charge in [-0.1, -0.05) is 6.07 Å². The van der Waals surface area contributed by atoms with E-state index in [0.717, 1.165) is 0 Å². The lowest BCUT2D eigenvalue weighted by Gasteiger charge is -2.28. The van der Waals surface area contributed by atoms with Crippen molar-refractivity contribution in [2.24, 2.45) is 0 Å². The van der Waals surface area contributed by atoms with Crippen molar-refractivity contribution in [2.75, 3.05) is 13.1 Å². The topological polar surface area (TPSA) is 57.6 Å². The number of fused-ring (bicyclic) bond motifs is 1. The SMILES string of the molecule is CCN(CC)C1=C(Br)C(=O)c2c(O)cccc2C1=O. The minimum atomic E-state index is -0.352. The van der Waals surface area contributed by atoms with Gasteiger partial charge in [-0.3, -0.25) is 9.59 Å². The summed E-state index contributed by atoms with van der Waals surface area (Å²) in [4.78, 5) is 26.6. The zero-order chi connectivity index (χ0) is 14.2. The molecule has 0 unspecified atom stereocenters. The molecule has 0 bridgehead atoms. The molecule has 1 aromatic carbocycles. The number of allylic oxidation sites excluding steroid dienone is 2. The maximum absolute atomic E-state index is 12.5. The van der Waals surface area contributed by atoms with Gasteiger partial charge in [0.2, 0.25) is 11.6 Å². The summed E-state index contributed by atoms with van der Waals surface area (Å²) in [6.07, 6.45) is 0. The predicted octanol–water partition coefficient (Wildman–Crippen LogP) is 2.72. The summed E-state index contributed by atoms with van der Waals surface area (Å²) in [5.74, 6) is -0.748. The Hall–Kier alpha value is -1.62. The number of nitrogens with zero attached hydrogens (tertiary/aromatic N) is 1. The van der Waals surface area contributed by atoms with Crippen molar-refractivity contribution < 1.29 is 14.7 Å². The number of hydrogen-bond acceptors (Lipinski definition) is 4. The molecule has 1 aliphatic carbocycles. The number of carbonyl (C=O) groups is 2. The summed E-state index contributed by atoms with van der Waals surface area (Å²) in [6.45, 7) is 5.11. The van der Waals surface area contributed by atoms with E-state index in [0.29, 0.717) is 18.8 Å². The Bertz CT molecular complexity index is 588. The third kappa shape index (κ3) is 2.08. The van der Waals surface area contributed by atoms with Crippen molar-refractivity contribution in [3.63, 3.8) is 0 Å². The molecule has 2 rings (SSSR count). The number of Topliss-reactive ketones (excluding diaryl/α,β-unsaturated/α-hetero) is 2. The summed E-state index contributed by atoms with van der Waals surface area (Å²) in [5, 5.41) is 9.77. The summed E-state index contributed by atoms with van der Waals surface area (Å²) < 4.78 is 0.218. The van der Waals surface area contributed by atoms with Crippen LogP contribution in [0.25, 0.3) is 0 Å². The van der Waals surface area contributed by atoms with E-state index in [1.54, 1.807) is 12.1 Å². The number of likely N-dealkylation sites (N-methyl/N-ethyl adjacent to an activating group) is 1. The van der Waals surface area contributed by atoms with Crippen molar-refractivity contribution in [1.82, 2.24) is 4.90 Å². The molecule has 0 heterocycles. The Morgan fingerprint density at radius 2 is 1.79 bits per heavy atom. The predicted molar refractivity (Wildman–Crippen MR) is 75.6 cm³/mol. The molecular formula is C14H14BrNO3. The first kappa shape index (κ1) is 13.8. The highest BCUT2D eigenvalue weighted by molar-refractivity contribution is 9.12. The molecule has 5 heteroatoms. The molecule has 1 N–H and O–H groups in total. The van der Waals surface area contributed by atoms with E-state index in [-0.39, 0.29) is 32.9 Å². The average Bonchev–Trinajstić information content (AvgIpc) is 2.41. The molecule has 0 aliphatic heterocycles. The second-order valence-electron chi connectivity index (χ2n) is 4.19. The summed E-state index contributed by atoms with van der Waals surface area (Å²) in [5.41, 5.74) is 0.707. The van der Waals surface area contributed by atoms with Crippen LogP contribution in [0.3, 0.4) is 0 Å². The summed E-state index contributed by atoms with van der Waals surface area (Å²) >= 11 is 3.20. The van der Waals surface area contributed by atoms with Crippen LogP contribution in [-0.4, -0.2) is 34.7 Å². The molecule has 0 saturated carbocycles. The Kier molecular flexibility index (Phi) is 3.75. The number of benzene rings is 1. The maximum atomic E-state index is 12.5. The first-order valence-electron chi connectivity index (χ1n) is 6.09. The highest BCUT2D eigenvalue weighted by Crippen LogP contribution is 2.35. The van der Waals surface area contributed by atoms with Crippen molar-refractivity contribution in [1.29, 1.82) is 0 Å². The van der Waals surface area contributed by atoms with E-state index in [1.807, 2.05) is 18.7 Å². The first-order chi connectivity index (χ1) is 9.02. The van der Waals surface area contributed by atoms with Crippen LogP contribution in [0.1, 0.15) is 34.6 Å². The quantitative estimate of drug-likeness (QED) is 0.929. The number of carbonyl (C=O) groups excluding carboxylic acids is 2. The van der Waals surface area contributed by atoms with Gasteiger partial charge in [0.1, 0.15) is 11.4 Å². The van der Waals surface area contributed by atoms with E-state index in [1.165, 1.54) is 6.07 Å². The van der Waals surface area contributed by atoms with E-state index >= 15 is 0 Å². The van der Waals surface area contributed by atoms with Crippen LogP contribution in [0.5, 0.6) is 5.75 Å². The molecule has 1 aromatic rings. The van der Waals surface area contributed by atoms with E-state index < -0.39 is 0 Å². The fourth-order valence-corrected chi connectivity index (χ4v) is 2.86. The fourth-order valence-electron chi connectivity index (χ4n) is 2.23. The highest BCUT2D eigenvalue weighted by Gasteiger charge is 2.34. The molecule has 0 atom stereocenters. The number of halogens is 1. The monoisotopic (exact) mass is 323 g/mol. The number of ketones is 2. The van der Waals surface area contributed by atoms with E-state index in [4.69, 9.17) is 0 Å². The summed E-state index contributed by atoms with van der Waals surface area (Å²) in [7, 11) is 0. The Balaban J connectivity index is 2.65. The van der Waals surface area contributed by atoms with E-state index in [2.05, 4.69) is 15.9 Å². The molecule has 0 aromatic heterocycles. The number of phenols is 1. The average molecular weight is 324 g/mol. The van der Waals surface area contributed by atoms with Crippen molar-refractivity contribution >= 4 is 27.5 Å². The molecule has 100 valence electrons. The second kappa shape index (κ2) is 5.17. The molecule has 0 amide bonds. The minimum absolute atomic E-state index is 0.0790. The van der Waals surface area contributed by atoms with Gasteiger partial charge >= 0.3 is 0 Å². The molecule has 19 heavy (non-hydrogen) atoms. The molecule has 4 nitrogen and oxygen atoms in total.